The number of aromatic carboxylic acids is 1. The van der Waals surface area contributed by atoms with Gasteiger partial charge in [0.2, 0.25) is 0 Å². The standard InChI is InChI=1S/C15H11BrN2O2/c1-9-4-2-5-10(8-9)14-17-13(16)11-6-3-7-12(15(19)20)18(11)14/h2-8H,1H3,(H,19,20). The van der Waals surface area contributed by atoms with Crippen molar-refractivity contribution in [1.82, 2.24) is 9.38 Å². The van der Waals surface area contributed by atoms with Crippen molar-refractivity contribution in [3.8, 4) is 11.4 Å². The molecule has 4 nitrogen and oxygen atoms in total. The van der Waals surface area contributed by atoms with Crippen molar-refractivity contribution in [3.63, 3.8) is 0 Å². The van der Waals surface area contributed by atoms with Crippen LogP contribution in [0.1, 0.15) is 16.1 Å². The van der Waals surface area contributed by atoms with E-state index in [1.807, 2.05) is 37.3 Å². The maximum atomic E-state index is 11.4. The van der Waals surface area contributed by atoms with Gasteiger partial charge in [-0.1, -0.05) is 29.8 Å². The van der Waals surface area contributed by atoms with E-state index >= 15 is 0 Å². The number of pyridine rings is 1. The maximum absolute atomic E-state index is 11.4. The summed E-state index contributed by atoms with van der Waals surface area (Å²) in [6.07, 6.45) is 0. The molecule has 1 N–H and O–H groups in total. The van der Waals surface area contributed by atoms with Crippen molar-refractivity contribution in [2.24, 2.45) is 0 Å². The molecule has 0 unspecified atom stereocenters. The van der Waals surface area contributed by atoms with Gasteiger partial charge in [-0.05, 0) is 41.1 Å². The van der Waals surface area contributed by atoms with E-state index in [0.29, 0.717) is 10.4 Å². The fraction of sp³-hybridized carbons (Fsp3) is 0.0667. The highest BCUT2D eigenvalue weighted by Crippen LogP contribution is 2.28. The van der Waals surface area contributed by atoms with Gasteiger partial charge in [-0.25, -0.2) is 9.78 Å². The first-order valence-electron chi connectivity index (χ1n) is 6.05. The lowest BCUT2D eigenvalue weighted by Crippen LogP contribution is -2.05. The van der Waals surface area contributed by atoms with E-state index in [2.05, 4.69) is 20.9 Å². The minimum Gasteiger partial charge on any atom is -0.477 e. The van der Waals surface area contributed by atoms with Crippen molar-refractivity contribution in [1.29, 1.82) is 0 Å². The number of hydrogen-bond donors (Lipinski definition) is 1. The van der Waals surface area contributed by atoms with Crippen molar-refractivity contribution in [2.45, 2.75) is 6.92 Å². The zero-order valence-corrected chi connectivity index (χ0v) is 12.3. The van der Waals surface area contributed by atoms with E-state index in [9.17, 15) is 9.90 Å². The molecular formula is C15H11BrN2O2. The average Bonchev–Trinajstić information content (AvgIpc) is 2.76. The second-order valence-electron chi connectivity index (χ2n) is 4.53. The summed E-state index contributed by atoms with van der Waals surface area (Å²) in [6, 6.07) is 13.0. The lowest BCUT2D eigenvalue weighted by molar-refractivity contribution is 0.0689. The van der Waals surface area contributed by atoms with E-state index in [4.69, 9.17) is 0 Å². The van der Waals surface area contributed by atoms with Crippen LogP contribution in [0.25, 0.3) is 16.9 Å². The van der Waals surface area contributed by atoms with Crippen molar-refractivity contribution < 1.29 is 9.90 Å². The fourth-order valence-corrected chi connectivity index (χ4v) is 2.72. The molecule has 2 heterocycles. The Morgan fingerprint density at radius 3 is 2.70 bits per heavy atom. The number of hydrogen-bond acceptors (Lipinski definition) is 2. The molecule has 1 aromatic carbocycles. The van der Waals surface area contributed by atoms with Gasteiger partial charge in [0.1, 0.15) is 16.1 Å². The number of rotatable bonds is 2. The molecule has 2 aromatic heterocycles. The number of halogens is 1. The van der Waals surface area contributed by atoms with Crippen LogP contribution in [0.5, 0.6) is 0 Å². The first-order valence-corrected chi connectivity index (χ1v) is 6.84. The molecule has 0 radical (unpaired) electrons. The molecule has 0 fully saturated rings. The molecule has 0 saturated carbocycles. The lowest BCUT2D eigenvalue weighted by atomic mass is 10.1. The van der Waals surface area contributed by atoms with Gasteiger partial charge in [0.05, 0.1) is 5.52 Å². The summed E-state index contributed by atoms with van der Waals surface area (Å²) < 4.78 is 2.29. The molecule has 3 aromatic rings. The molecule has 100 valence electrons. The summed E-state index contributed by atoms with van der Waals surface area (Å²) in [5.74, 6) is -0.358. The largest absolute Gasteiger partial charge is 0.477 e. The van der Waals surface area contributed by atoms with Crippen molar-refractivity contribution in [2.75, 3.05) is 0 Å². The number of fused-ring (bicyclic) bond motifs is 1. The van der Waals surface area contributed by atoms with E-state index in [1.54, 1.807) is 16.5 Å². The Morgan fingerprint density at radius 1 is 1.25 bits per heavy atom. The smallest absolute Gasteiger partial charge is 0.352 e. The Morgan fingerprint density at radius 2 is 2.00 bits per heavy atom. The fourth-order valence-electron chi connectivity index (χ4n) is 2.24. The van der Waals surface area contributed by atoms with E-state index in [0.717, 1.165) is 16.6 Å². The monoisotopic (exact) mass is 330 g/mol. The highest BCUT2D eigenvalue weighted by molar-refractivity contribution is 9.10. The minimum absolute atomic E-state index is 0.192. The van der Waals surface area contributed by atoms with Gasteiger partial charge in [0.25, 0.3) is 0 Å². The number of imidazole rings is 1. The van der Waals surface area contributed by atoms with Gasteiger partial charge in [-0.2, -0.15) is 0 Å². The number of aryl methyl sites for hydroxylation is 1. The van der Waals surface area contributed by atoms with Gasteiger partial charge in [-0.15, -0.1) is 0 Å². The van der Waals surface area contributed by atoms with Gasteiger partial charge >= 0.3 is 5.97 Å². The Labute approximate surface area is 123 Å². The van der Waals surface area contributed by atoms with Crippen LogP contribution in [0.2, 0.25) is 0 Å². The summed E-state index contributed by atoms with van der Waals surface area (Å²) in [4.78, 5) is 15.9. The van der Waals surface area contributed by atoms with Crippen LogP contribution < -0.4 is 0 Å². The zero-order chi connectivity index (χ0) is 14.3. The Hall–Kier alpha value is -2.14. The third-order valence-corrected chi connectivity index (χ3v) is 3.70. The van der Waals surface area contributed by atoms with Crippen molar-refractivity contribution >= 4 is 27.4 Å². The SMILES string of the molecule is Cc1cccc(-c2nc(Br)c3cccc(C(=O)O)n23)c1. The normalized spacial score (nSPS) is 10.9. The molecule has 3 rings (SSSR count). The first-order chi connectivity index (χ1) is 9.58. The summed E-state index contributed by atoms with van der Waals surface area (Å²) in [7, 11) is 0. The van der Waals surface area contributed by atoms with E-state index in [-0.39, 0.29) is 5.69 Å². The maximum Gasteiger partial charge on any atom is 0.352 e. The quantitative estimate of drug-likeness (QED) is 0.778. The molecule has 20 heavy (non-hydrogen) atoms. The molecular weight excluding hydrogens is 320 g/mol. The van der Waals surface area contributed by atoms with Crippen molar-refractivity contribution in [3.05, 3.63) is 58.3 Å². The van der Waals surface area contributed by atoms with Gasteiger partial charge in [0, 0.05) is 5.56 Å². The van der Waals surface area contributed by atoms with Crippen LogP contribution in [0.4, 0.5) is 0 Å². The Balaban J connectivity index is 2.39. The number of aromatic nitrogens is 2. The molecule has 5 heteroatoms. The summed E-state index contributed by atoms with van der Waals surface area (Å²) in [5, 5.41) is 9.35. The van der Waals surface area contributed by atoms with Crippen LogP contribution >= 0.6 is 15.9 Å². The van der Waals surface area contributed by atoms with Gasteiger partial charge < -0.3 is 5.11 Å². The van der Waals surface area contributed by atoms with Gasteiger partial charge in [-0.3, -0.25) is 4.40 Å². The molecule has 0 bridgehead atoms. The predicted octanol–water partition coefficient (Wildman–Crippen LogP) is 3.77. The predicted molar refractivity (Wildman–Crippen MR) is 80.0 cm³/mol. The highest BCUT2D eigenvalue weighted by Gasteiger charge is 2.17. The number of benzene rings is 1. The van der Waals surface area contributed by atoms with Crippen LogP contribution in [0, 0.1) is 6.92 Å². The van der Waals surface area contributed by atoms with Gasteiger partial charge in [0.15, 0.2) is 0 Å². The molecule has 0 aliphatic carbocycles. The number of carboxylic acid groups (broad SMARTS) is 1. The topological polar surface area (TPSA) is 54.6 Å². The van der Waals surface area contributed by atoms with Crippen LogP contribution in [-0.4, -0.2) is 20.5 Å². The summed E-state index contributed by atoms with van der Waals surface area (Å²) in [5.41, 5.74) is 2.92. The minimum atomic E-state index is -0.977. The summed E-state index contributed by atoms with van der Waals surface area (Å²) in [6.45, 7) is 1.99. The summed E-state index contributed by atoms with van der Waals surface area (Å²) >= 11 is 3.39. The Bertz CT molecular complexity index is 824. The number of carbonyl (C=O) groups is 1. The average molecular weight is 331 g/mol. The second kappa shape index (κ2) is 4.76. The molecule has 0 amide bonds. The van der Waals surface area contributed by atoms with Crippen LogP contribution in [0.3, 0.4) is 0 Å². The molecule has 0 aliphatic rings. The van der Waals surface area contributed by atoms with Crippen LogP contribution in [-0.2, 0) is 0 Å². The molecule has 0 spiro atoms. The molecule has 0 aliphatic heterocycles. The molecule has 0 atom stereocenters. The van der Waals surface area contributed by atoms with E-state index < -0.39 is 5.97 Å². The second-order valence-corrected chi connectivity index (χ2v) is 5.28. The third kappa shape index (κ3) is 2.00. The zero-order valence-electron chi connectivity index (χ0n) is 10.7. The number of carboxylic acids is 1. The molecule has 0 saturated heterocycles. The number of nitrogens with zero attached hydrogens (tertiary/aromatic N) is 2. The van der Waals surface area contributed by atoms with E-state index in [1.165, 1.54) is 0 Å². The lowest BCUT2D eigenvalue weighted by Gasteiger charge is -2.06. The third-order valence-electron chi connectivity index (χ3n) is 3.11. The highest BCUT2D eigenvalue weighted by atomic mass is 79.9. The first kappa shape index (κ1) is 12.9. The van der Waals surface area contributed by atoms with Crippen LogP contribution in [0.15, 0.2) is 47.1 Å². The Kier molecular flexibility index (Phi) is 3.06.